The van der Waals surface area contributed by atoms with Crippen molar-refractivity contribution in [2.45, 2.75) is 37.8 Å². The summed E-state index contributed by atoms with van der Waals surface area (Å²) in [5, 5.41) is 14.5. The van der Waals surface area contributed by atoms with Crippen molar-refractivity contribution >= 4 is 39.5 Å². The lowest BCUT2D eigenvalue weighted by Gasteiger charge is -2.32. The lowest BCUT2D eigenvalue weighted by Crippen LogP contribution is -2.41. The first-order chi connectivity index (χ1) is 21.6. The van der Waals surface area contributed by atoms with Gasteiger partial charge in [0.25, 0.3) is 0 Å². The number of aromatic amines is 1. The van der Waals surface area contributed by atoms with Crippen molar-refractivity contribution < 1.29 is 23.1 Å². The summed E-state index contributed by atoms with van der Waals surface area (Å²) in [6.07, 6.45) is 17.9. The molecule has 230 valence electrons. The minimum absolute atomic E-state index is 0.0922. The normalized spacial score (nSPS) is 22.7. The van der Waals surface area contributed by atoms with Gasteiger partial charge in [-0.25, -0.2) is 33.2 Å². The number of rotatable bonds is 4. The van der Waals surface area contributed by atoms with Gasteiger partial charge in [-0.15, -0.1) is 0 Å². The summed E-state index contributed by atoms with van der Waals surface area (Å²) in [7, 11) is -3.73. The van der Waals surface area contributed by atoms with Gasteiger partial charge in [-0.2, -0.15) is 0 Å². The third kappa shape index (κ3) is 5.55. The molecule has 3 N–H and O–H groups in total. The van der Waals surface area contributed by atoms with Crippen molar-refractivity contribution in [3.63, 3.8) is 0 Å². The summed E-state index contributed by atoms with van der Waals surface area (Å²) in [6, 6.07) is 3.89. The number of sulfone groups is 1. The van der Waals surface area contributed by atoms with E-state index in [9.17, 15) is 18.3 Å². The number of ether oxygens (including phenoxy) is 1. The molecule has 0 aliphatic carbocycles. The van der Waals surface area contributed by atoms with Crippen molar-refractivity contribution in [2.24, 2.45) is 9.98 Å². The van der Waals surface area contributed by atoms with E-state index in [1.54, 1.807) is 12.2 Å². The highest BCUT2D eigenvalue weighted by Crippen LogP contribution is 2.41. The van der Waals surface area contributed by atoms with E-state index < -0.39 is 21.5 Å². The van der Waals surface area contributed by atoms with Crippen molar-refractivity contribution in [1.82, 2.24) is 25.2 Å². The van der Waals surface area contributed by atoms with E-state index in [0.717, 1.165) is 16.4 Å². The third-order valence-corrected chi connectivity index (χ3v) is 9.53. The molecule has 5 aliphatic rings. The largest absolute Gasteiger partial charge is 0.474 e. The molecule has 2 aromatic rings. The zero-order valence-electron chi connectivity index (χ0n) is 24.7. The lowest BCUT2D eigenvalue weighted by molar-refractivity contribution is 0.0864. The molecule has 5 aliphatic heterocycles. The zero-order chi connectivity index (χ0) is 31.3. The van der Waals surface area contributed by atoms with Crippen LogP contribution >= 0.6 is 0 Å². The monoisotopic (exact) mass is 625 g/mol. The van der Waals surface area contributed by atoms with Crippen LogP contribution in [0, 0.1) is 6.92 Å². The van der Waals surface area contributed by atoms with E-state index in [-0.39, 0.29) is 11.0 Å². The van der Waals surface area contributed by atoms with Crippen molar-refractivity contribution in [2.75, 3.05) is 19.3 Å². The highest BCUT2D eigenvalue weighted by atomic mass is 32.2. The van der Waals surface area contributed by atoms with Crippen molar-refractivity contribution in [1.29, 1.82) is 0 Å². The van der Waals surface area contributed by atoms with Crippen molar-refractivity contribution in [3.8, 4) is 5.88 Å². The third-order valence-electron chi connectivity index (χ3n) is 8.36. The average molecular weight is 626 g/mol. The summed E-state index contributed by atoms with van der Waals surface area (Å²) >= 11 is 0. The molecule has 45 heavy (non-hydrogen) atoms. The van der Waals surface area contributed by atoms with Gasteiger partial charge in [0.15, 0.2) is 9.84 Å². The number of aliphatic imine (C=N–C) groups is 2. The van der Waals surface area contributed by atoms with E-state index in [4.69, 9.17) is 14.7 Å². The minimum atomic E-state index is -3.73. The van der Waals surface area contributed by atoms with Crippen LogP contribution in [0.2, 0.25) is 0 Å². The molecule has 0 radical (unpaired) electrons. The Morgan fingerprint density at radius 2 is 1.76 bits per heavy atom. The van der Waals surface area contributed by atoms with Crippen LogP contribution in [0.1, 0.15) is 30.5 Å². The van der Waals surface area contributed by atoms with Crippen LogP contribution in [-0.2, 0) is 15.4 Å². The smallest absolute Gasteiger partial charge is 0.407 e. The quantitative estimate of drug-likeness (QED) is 0.466. The molecule has 8 bridgehead atoms. The van der Waals surface area contributed by atoms with Gasteiger partial charge < -0.3 is 25.0 Å². The van der Waals surface area contributed by atoms with E-state index in [0.29, 0.717) is 72.3 Å². The summed E-state index contributed by atoms with van der Waals surface area (Å²) in [5.74, 6) is 0.399. The molecule has 1 fully saturated rings. The van der Waals surface area contributed by atoms with Crippen LogP contribution in [0.3, 0.4) is 0 Å². The van der Waals surface area contributed by atoms with Crippen LogP contribution < -0.4 is 20.8 Å². The molecule has 7 heterocycles. The molecule has 1 unspecified atom stereocenters. The second-order valence-electron chi connectivity index (χ2n) is 11.6. The summed E-state index contributed by atoms with van der Waals surface area (Å²) in [6.45, 7) is 2.64. The molecule has 2 aromatic heterocycles. The fourth-order valence-electron chi connectivity index (χ4n) is 6.24. The Morgan fingerprint density at radius 3 is 2.47 bits per heavy atom. The van der Waals surface area contributed by atoms with Gasteiger partial charge in [0, 0.05) is 54.9 Å². The summed E-state index contributed by atoms with van der Waals surface area (Å²) in [5.41, 5.74) is 3.15. The fraction of sp³-hybridized carbons (Fsp3) is 0.281. The maximum absolute atomic E-state index is 13.3. The SMILES string of the molecule is Cc1c(OC2CCN(C(=O)O)CC2)ncnc1C12C=C3C=CC(=N3)C=c3ccc([nH]3)=CC3=NC(=C(S(C)(=O)=O)C(=CC1)N2)C=C3. The van der Waals surface area contributed by atoms with Gasteiger partial charge in [-0.05, 0) is 61.6 Å². The van der Waals surface area contributed by atoms with Crippen molar-refractivity contribution in [3.05, 3.63) is 98.9 Å². The Labute approximate surface area is 259 Å². The second kappa shape index (κ2) is 10.8. The summed E-state index contributed by atoms with van der Waals surface area (Å²) in [4.78, 5) is 34.8. The molecular weight excluding hydrogens is 594 g/mol. The number of aromatic nitrogens is 3. The maximum atomic E-state index is 13.3. The topological polar surface area (TPSA) is 162 Å². The molecule has 0 aromatic carbocycles. The summed E-state index contributed by atoms with van der Waals surface area (Å²) < 4.78 is 32.9. The van der Waals surface area contributed by atoms with E-state index >= 15 is 0 Å². The number of nitrogens with zero attached hydrogens (tertiary/aromatic N) is 5. The Morgan fingerprint density at radius 1 is 1.04 bits per heavy atom. The Bertz CT molecular complexity index is 2080. The average Bonchev–Trinajstić information content (AvgIpc) is 3.80. The van der Waals surface area contributed by atoms with E-state index in [1.807, 2.05) is 55.5 Å². The molecule has 13 heteroatoms. The number of hydrogen-bond acceptors (Lipinski definition) is 9. The maximum Gasteiger partial charge on any atom is 0.407 e. The standard InChI is InChI=1S/C32H31N7O5S/c1-19-29(33-18-34-30(19)44-25-10-13-39(14-11-25)31(40)41)32-12-9-27(38-32)28(45(2,42)43)26-8-7-23(37-26)16-21-4-3-20(35-21)15-22-5-6-24(17-32)36-22/h3-9,15-18,25,35,38H,10-14H2,1-2H3,(H,40,41). The number of carboxylic acid groups (broad SMARTS) is 1. The van der Waals surface area contributed by atoms with Crippen LogP contribution in [0.5, 0.6) is 5.88 Å². The number of piperidine rings is 1. The van der Waals surface area contributed by atoms with E-state index in [1.165, 1.54) is 17.5 Å². The lowest BCUT2D eigenvalue weighted by atomic mass is 9.89. The predicted molar refractivity (Wildman–Crippen MR) is 170 cm³/mol. The van der Waals surface area contributed by atoms with Gasteiger partial charge in [0.05, 0.1) is 34.2 Å². The number of fused-ring (bicyclic) bond motifs is 6. The molecule has 0 spiro atoms. The zero-order valence-corrected chi connectivity index (χ0v) is 25.5. The molecule has 0 saturated carbocycles. The van der Waals surface area contributed by atoms with Crippen LogP contribution in [0.25, 0.3) is 12.2 Å². The van der Waals surface area contributed by atoms with Gasteiger partial charge in [0.2, 0.25) is 5.88 Å². The van der Waals surface area contributed by atoms with Crippen LogP contribution in [0.4, 0.5) is 4.79 Å². The van der Waals surface area contributed by atoms with Gasteiger partial charge >= 0.3 is 6.09 Å². The first kappa shape index (κ1) is 28.7. The minimum Gasteiger partial charge on any atom is -0.474 e. The molecule has 1 saturated heterocycles. The van der Waals surface area contributed by atoms with Gasteiger partial charge in [0.1, 0.15) is 22.9 Å². The van der Waals surface area contributed by atoms with Gasteiger partial charge in [-0.3, -0.25) is 0 Å². The highest BCUT2D eigenvalue weighted by molar-refractivity contribution is 7.94. The Balaban J connectivity index is 1.33. The second-order valence-corrected chi connectivity index (χ2v) is 13.6. The molecule has 12 nitrogen and oxygen atoms in total. The molecule has 1 amide bonds. The van der Waals surface area contributed by atoms with Gasteiger partial charge in [-0.1, -0.05) is 6.08 Å². The number of likely N-dealkylation sites (tertiary alicyclic amines) is 1. The Hall–Kier alpha value is -5.04. The Kier molecular flexibility index (Phi) is 6.92. The molecular formula is C32H31N7O5S. The van der Waals surface area contributed by atoms with Crippen LogP contribution in [0.15, 0.2) is 86.9 Å². The number of amides is 1. The number of nitrogens with one attached hydrogen (secondary N) is 2. The number of carbonyl (C=O) groups is 1. The molecule has 1 atom stereocenters. The van der Waals surface area contributed by atoms with E-state index in [2.05, 4.69) is 20.3 Å². The predicted octanol–water partition coefficient (Wildman–Crippen LogP) is 2.14. The number of hydrogen-bond donors (Lipinski definition) is 3. The number of H-pyrrole nitrogens is 1. The van der Waals surface area contributed by atoms with Crippen LogP contribution in [-0.4, -0.2) is 76.3 Å². The number of allylic oxidation sites excluding steroid dienone is 4. The first-order valence-electron chi connectivity index (χ1n) is 14.6. The highest BCUT2D eigenvalue weighted by Gasteiger charge is 2.41. The first-order valence-corrected chi connectivity index (χ1v) is 16.5. The fourth-order valence-corrected chi connectivity index (χ4v) is 7.26. The molecule has 7 rings (SSSR count).